The van der Waals surface area contributed by atoms with Crippen LogP contribution in [0, 0.1) is 0 Å². The van der Waals surface area contributed by atoms with E-state index in [9.17, 15) is 0 Å². The summed E-state index contributed by atoms with van der Waals surface area (Å²) < 4.78 is 1.03. The summed E-state index contributed by atoms with van der Waals surface area (Å²) in [5.74, 6) is 1.24. The maximum absolute atomic E-state index is 5.72. The number of nitrogens with two attached hydrogens (primary N) is 1. The van der Waals surface area contributed by atoms with Crippen molar-refractivity contribution in [3.8, 4) is 0 Å². The molecule has 2 aromatic rings. The molecule has 2 N–H and O–H groups in total. The first-order valence-electron chi connectivity index (χ1n) is 5.54. The second-order valence-corrected chi connectivity index (χ2v) is 5.06. The van der Waals surface area contributed by atoms with Gasteiger partial charge >= 0.3 is 0 Å². The fourth-order valence-corrected chi connectivity index (χ4v) is 2.74. The number of aromatic nitrogens is 3. The number of piperazine rings is 1. The minimum atomic E-state index is 0.303. The normalized spacial score (nSPS) is 17.8. The predicted molar refractivity (Wildman–Crippen MR) is 69.3 cm³/mol. The predicted octanol–water partition coefficient (Wildman–Crippen LogP) is 0.420. The lowest BCUT2D eigenvalue weighted by molar-refractivity contribution is 0.312. The molecule has 90 valence electrons. The number of hydrogen-bond acceptors (Lipinski definition) is 7. The molecular weight excluding hydrogens is 236 g/mol. The Hall–Kier alpha value is -1.47. The van der Waals surface area contributed by atoms with Gasteiger partial charge in [-0.25, -0.2) is 4.98 Å². The topological polar surface area (TPSA) is 71.2 Å². The zero-order valence-electron chi connectivity index (χ0n) is 9.63. The van der Waals surface area contributed by atoms with Crippen LogP contribution in [0.3, 0.4) is 0 Å². The van der Waals surface area contributed by atoms with E-state index < -0.39 is 0 Å². The van der Waals surface area contributed by atoms with Gasteiger partial charge in [-0.05, 0) is 7.05 Å². The molecule has 1 aliphatic heterocycles. The van der Waals surface area contributed by atoms with Gasteiger partial charge in [-0.3, -0.25) is 0 Å². The maximum Gasteiger partial charge on any atom is 0.224 e. The molecule has 0 saturated carbocycles. The number of fused-ring (bicyclic) bond motifs is 1. The minimum absolute atomic E-state index is 0.303. The van der Waals surface area contributed by atoms with E-state index in [2.05, 4.69) is 31.8 Å². The lowest BCUT2D eigenvalue weighted by Gasteiger charge is -2.33. The first-order chi connectivity index (χ1) is 8.24. The summed E-state index contributed by atoms with van der Waals surface area (Å²) in [5, 5.41) is 0. The largest absolute Gasteiger partial charge is 0.368 e. The van der Waals surface area contributed by atoms with E-state index in [1.54, 1.807) is 16.8 Å². The first kappa shape index (κ1) is 10.7. The molecule has 1 fully saturated rings. The lowest BCUT2D eigenvalue weighted by Crippen LogP contribution is -2.44. The monoisotopic (exact) mass is 250 g/mol. The molecule has 0 atom stereocenters. The number of anilines is 2. The summed E-state index contributed by atoms with van der Waals surface area (Å²) in [6.07, 6.45) is 0. The number of nitrogen functional groups attached to an aromatic ring is 1. The van der Waals surface area contributed by atoms with Gasteiger partial charge in [0.05, 0.1) is 5.51 Å². The van der Waals surface area contributed by atoms with Crippen molar-refractivity contribution < 1.29 is 0 Å². The molecule has 0 spiro atoms. The Balaban J connectivity index is 2.01. The Morgan fingerprint density at radius 2 is 2.00 bits per heavy atom. The van der Waals surface area contributed by atoms with Gasteiger partial charge in [0, 0.05) is 26.2 Å². The molecule has 0 amide bonds. The number of hydrogen-bond donors (Lipinski definition) is 1. The molecule has 0 bridgehead atoms. The third-order valence-electron chi connectivity index (χ3n) is 3.00. The van der Waals surface area contributed by atoms with Crippen molar-refractivity contribution in [1.82, 2.24) is 19.9 Å². The van der Waals surface area contributed by atoms with Crippen LogP contribution < -0.4 is 10.6 Å². The van der Waals surface area contributed by atoms with E-state index in [0.717, 1.165) is 36.7 Å². The molecule has 3 heterocycles. The Bertz CT molecular complexity index is 531. The van der Waals surface area contributed by atoms with Crippen molar-refractivity contribution >= 4 is 33.5 Å². The Kier molecular flexibility index (Phi) is 2.56. The van der Waals surface area contributed by atoms with E-state index in [4.69, 9.17) is 5.73 Å². The summed E-state index contributed by atoms with van der Waals surface area (Å²) in [6.45, 7) is 4.04. The average molecular weight is 250 g/mol. The molecule has 7 heteroatoms. The van der Waals surface area contributed by atoms with Crippen LogP contribution in [0.5, 0.6) is 0 Å². The van der Waals surface area contributed by atoms with E-state index in [1.165, 1.54) is 0 Å². The van der Waals surface area contributed by atoms with Gasteiger partial charge in [-0.1, -0.05) is 0 Å². The zero-order valence-corrected chi connectivity index (χ0v) is 10.4. The molecule has 0 unspecified atom stereocenters. The van der Waals surface area contributed by atoms with Crippen molar-refractivity contribution in [2.24, 2.45) is 0 Å². The Morgan fingerprint density at radius 1 is 1.24 bits per heavy atom. The van der Waals surface area contributed by atoms with Crippen LogP contribution in [0.15, 0.2) is 5.51 Å². The van der Waals surface area contributed by atoms with Crippen LogP contribution in [-0.2, 0) is 0 Å². The SMILES string of the molecule is CN1CCN(c2nc(N)nc3ncsc23)CC1. The van der Waals surface area contributed by atoms with Gasteiger partial charge in [-0.2, -0.15) is 9.97 Å². The fraction of sp³-hybridized carbons (Fsp3) is 0.500. The highest BCUT2D eigenvalue weighted by atomic mass is 32.1. The van der Waals surface area contributed by atoms with Crippen LogP contribution in [0.25, 0.3) is 10.3 Å². The smallest absolute Gasteiger partial charge is 0.224 e. The number of thiazole rings is 1. The van der Waals surface area contributed by atoms with Crippen molar-refractivity contribution in [1.29, 1.82) is 0 Å². The molecule has 6 nitrogen and oxygen atoms in total. The Labute approximate surface area is 103 Å². The average Bonchev–Trinajstić information content (AvgIpc) is 2.77. The van der Waals surface area contributed by atoms with Crippen LogP contribution >= 0.6 is 11.3 Å². The standard InChI is InChI=1S/C10H14N6S/c1-15-2-4-16(5-3-15)9-7-8(12-6-17-7)13-10(11)14-9/h6H,2-5H2,1H3,(H2,11,13,14). The van der Waals surface area contributed by atoms with Crippen molar-refractivity contribution in [2.45, 2.75) is 0 Å². The highest BCUT2D eigenvalue weighted by Gasteiger charge is 2.19. The highest BCUT2D eigenvalue weighted by Crippen LogP contribution is 2.28. The molecule has 3 rings (SSSR count). The zero-order chi connectivity index (χ0) is 11.8. The molecule has 0 aromatic carbocycles. The van der Waals surface area contributed by atoms with Crippen molar-refractivity contribution in [3.63, 3.8) is 0 Å². The molecule has 1 aliphatic rings. The van der Waals surface area contributed by atoms with Crippen molar-refractivity contribution in [2.75, 3.05) is 43.9 Å². The molecule has 0 radical (unpaired) electrons. The quantitative estimate of drug-likeness (QED) is 0.791. The van der Waals surface area contributed by atoms with Crippen molar-refractivity contribution in [3.05, 3.63) is 5.51 Å². The third kappa shape index (κ3) is 1.91. The third-order valence-corrected chi connectivity index (χ3v) is 3.81. The van der Waals surface area contributed by atoms with Crippen LogP contribution in [0.2, 0.25) is 0 Å². The number of rotatable bonds is 1. The maximum atomic E-state index is 5.72. The molecule has 0 aliphatic carbocycles. The summed E-state index contributed by atoms with van der Waals surface area (Å²) in [5.41, 5.74) is 8.22. The van der Waals surface area contributed by atoms with Gasteiger partial charge in [0.2, 0.25) is 5.95 Å². The number of nitrogens with zero attached hydrogens (tertiary/aromatic N) is 5. The molecule has 2 aromatic heterocycles. The second-order valence-electron chi connectivity index (χ2n) is 4.20. The van der Waals surface area contributed by atoms with Gasteiger partial charge in [0.1, 0.15) is 4.70 Å². The van der Waals surface area contributed by atoms with Gasteiger partial charge in [-0.15, -0.1) is 11.3 Å². The van der Waals surface area contributed by atoms with Gasteiger partial charge in [0.15, 0.2) is 11.5 Å². The first-order valence-corrected chi connectivity index (χ1v) is 6.42. The second kappa shape index (κ2) is 4.08. The minimum Gasteiger partial charge on any atom is -0.368 e. The summed E-state index contributed by atoms with van der Waals surface area (Å²) >= 11 is 1.57. The summed E-state index contributed by atoms with van der Waals surface area (Å²) in [7, 11) is 2.13. The molecular formula is C10H14N6S. The summed E-state index contributed by atoms with van der Waals surface area (Å²) in [6, 6.07) is 0. The Morgan fingerprint density at radius 3 is 2.76 bits per heavy atom. The van der Waals surface area contributed by atoms with E-state index >= 15 is 0 Å². The van der Waals surface area contributed by atoms with Gasteiger partial charge < -0.3 is 15.5 Å². The summed E-state index contributed by atoms with van der Waals surface area (Å²) in [4.78, 5) is 17.3. The lowest BCUT2D eigenvalue weighted by atomic mass is 10.3. The van der Waals surface area contributed by atoms with Gasteiger partial charge in [0.25, 0.3) is 0 Å². The van der Waals surface area contributed by atoms with E-state index in [-0.39, 0.29) is 0 Å². The highest BCUT2D eigenvalue weighted by molar-refractivity contribution is 7.17. The van der Waals surface area contributed by atoms with Crippen LogP contribution in [-0.4, -0.2) is 53.1 Å². The van der Waals surface area contributed by atoms with E-state index in [0.29, 0.717) is 11.6 Å². The molecule has 1 saturated heterocycles. The molecule has 17 heavy (non-hydrogen) atoms. The van der Waals surface area contributed by atoms with Crippen LogP contribution in [0.1, 0.15) is 0 Å². The number of likely N-dealkylation sites (N-methyl/N-ethyl adjacent to an activating group) is 1. The van der Waals surface area contributed by atoms with Crippen LogP contribution in [0.4, 0.5) is 11.8 Å². The van der Waals surface area contributed by atoms with E-state index in [1.807, 2.05) is 0 Å². The fourth-order valence-electron chi connectivity index (χ4n) is 2.00.